The molecule has 3 nitrogen and oxygen atoms in total. The van der Waals surface area contributed by atoms with E-state index in [0.29, 0.717) is 12.6 Å². The van der Waals surface area contributed by atoms with E-state index in [2.05, 4.69) is 36.7 Å². The summed E-state index contributed by atoms with van der Waals surface area (Å²) in [5.74, 6) is 1.04. The second kappa shape index (κ2) is 5.12. The van der Waals surface area contributed by atoms with Crippen LogP contribution in [0.1, 0.15) is 32.0 Å². The zero-order valence-corrected chi connectivity index (χ0v) is 10.1. The van der Waals surface area contributed by atoms with Crippen LogP contribution in [-0.4, -0.2) is 17.6 Å². The smallest absolute Gasteiger partial charge is 0.129 e. The highest BCUT2D eigenvalue weighted by molar-refractivity contribution is 5.43. The van der Waals surface area contributed by atoms with Gasteiger partial charge in [0, 0.05) is 24.8 Å². The number of aryl methyl sites for hydroxylation is 1. The second-order valence-corrected chi connectivity index (χ2v) is 4.06. The molecule has 0 radical (unpaired) electrons. The molecule has 0 saturated carbocycles. The summed E-state index contributed by atoms with van der Waals surface area (Å²) in [6, 6.07) is 4.59. The standard InChI is InChI=1S/C12H21N3/c1-5-15(9(2)3)12-7-11(8-13)6-10(4)14-12/h6-7,9H,5,8,13H2,1-4H3. The number of rotatable bonds is 4. The van der Waals surface area contributed by atoms with E-state index in [1.165, 1.54) is 0 Å². The third-order valence-electron chi connectivity index (χ3n) is 2.49. The highest BCUT2D eigenvalue weighted by Crippen LogP contribution is 2.16. The molecule has 0 aromatic carbocycles. The van der Waals surface area contributed by atoms with Crippen molar-refractivity contribution < 1.29 is 0 Å². The molecule has 0 amide bonds. The van der Waals surface area contributed by atoms with Gasteiger partial charge < -0.3 is 10.6 Å². The maximum atomic E-state index is 5.66. The Hall–Kier alpha value is -1.09. The molecule has 0 saturated heterocycles. The minimum atomic E-state index is 0.468. The summed E-state index contributed by atoms with van der Waals surface area (Å²) in [5, 5.41) is 0. The molecule has 3 heteroatoms. The molecule has 84 valence electrons. The summed E-state index contributed by atoms with van der Waals surface area (Å²) >= 11 is 0. The normalized spacial score (nSPS) is 10.8. The van der Waals surface area contributed by atoms with E-state index in [4.69, 9.17) is 5.73 Å². The van der Waals surface area contributed by atoms with Crippen LogP contribution in [0.15, 0.2) is 12.1 Å². The van der Waals surface area contributed by atoms with E-state index >= 15 is 0 Å². The van der Waals surface area contributed by atoms with Crippen molar-refractivity contribution in [2.75, 3.05) is 11.4 Å². The zero-order valence-electron chi connectivity index (χ0n) is 10.1. The maximum Gasteiger partial charge on any atom is 0.129 e. The molecule has 1 aromatic heterocycles. The molecule has 0 bridgehead atoms. The Morgan fingerprint density at radius 3 is 2.53 bits per heavy atom. The lowest BCUT2D eigenvalue weighted by molar-refractivity contribution is 0.691. The van der Waals surface area contributed by atoms with E-state index in [1.54, 1.807) is 0 Å². The fourth-order valence-corrected chi connectivity index (χ4v) is 1.78. The molecule has 0 unspecified atom stereocenters. The number of nitrogens with two attached hydrogens (primary N) is 1. The molecule has 1 heterocycles. The molecular formula is C12H21N3. The molecule has 1 rings (SSSR count). The number of hydrogen-bond acceptors (Lipinski definition) is 3. The van der Waals surface area contributed by atoms with Gasteiger partial charge in [-0.15, -0.1) is 0 Å². The van der Waals surface area contributed by atoms with Crippen molar-refractivity contribution in [1.29, 1.82) is 0 Å². The largest absolute Gasteiger partial charge is 0.354 e. The second-order valence-electron chi connectivity index (χ2n) is 4.06. The lowest BCUT2D eigenvalue weighted by Crippen LogP contribution is -2.31. The first kappa shape index (κ1) is 12.0. The Labute approximate surface area is 92.3 Å². The van der Waals surface area contributed by atoms with Crippen LogP contribution in [-0.2, 0) is 6.54 Å². The first-order valence-corrected chi connectivity index (χ1v) is 5.52. The van der Waals surface area contributed by atoms with Gasteiger partial charge in [-0.2, -0.15) is 0 Å². The molecule has 2 N–H and O–H groups in total. The summed E-state index contributed by atoms with van der Waals surface area (Å²) in [7, 11) is 0. The number of anilines is 1. The summed E-state index contributed by atoms with van der Waals surface area (Å²) in [6.07, 6.45) is 0. The number of hydrogen-bond donors (Lipinski definition) is 1. The van der Waals surface area contributed by atoms with E-state index in [-0.39, 0.29) is 0 Å². The van der Waals surface area contributed by atoms with E-state index in [1.807, 2.05) is 13.0 Å². The van der Waals surface area contributed by atoms with Crippen molar-refractivity contribution in [3.8, 4) is 0 Å². The van der Waals surface area contributed by atoms with Gasteiger partial charge in [0.05, 0.1) is 0 Å². The van der Waals surface area contributed by atoms with Gasteiger partial charge in [-0.05, 0) is 45.4 Å². The third-order valence-corrected chi connectivity index (χ3v) is 2.49. The van der Waals surface area contributed by atoms with E-state index < -0.39 is 0 Å². The fraction of sp³-hybridized carbons (Fsp3) is 0.583. The van der Waals surface area contributed by atoms with Crippen LogP contribution >= 0.6 is 0 Å². The molecule has 1 aromatic rings. The SMILES string of the molecule is CCN(c1cc(CN)cc(C)n1)C(C)C. The number of aromatic nitrogens is 1. The molecular weight excluding hydrogens is 186 g/mol. The van der Waals surface area contributed by atoms with E-state index in [0.717, 1.165) is 23.6 Å². The van der Waals surface area contributed by atoms with Crippen LogP contribution in [0.3, 0.4) is 0 Å². The monoisotopic (exact) mass is 207 g/mol. The van der Waals surface area contributed by atoms with Crippen LogP contribution in [0, 0.1) is 6.92 Å². The Bertz CT molecular complexity index is 321. The van der Waals surface area contributed by atoms with Crippen LogP contribution in [0.4, 0.5) is 5.82 Å². The molecule has 0 spiro atoms. The number of nitrogens with zero attached hydrogens (tertiary/aromatic N) is 2. The van der Waals surface area contributed by atoms with Gasteiger partial charge in [0.25, 0.3) is 0 Å². The average molecular weight is 207 g/mol. The van der Waals surface area contributed by atoms with Crippen molar-refractivity contribution in [2.24, 2.45) is 5.73 Å². The summed E-state index contributed by atoms with van der Waals surface area (Å²) in [5.41, 5.74) is 7.84. The maximum absolute atomic E-state index is 5.66. The predicted octanol–water partition coefficient (Wildman–Crippen LogP) is 2.08. The summed E-state index contributed by atoms with van der Waals surface area (Å²) in [6.45, 7) is 10.1. The van der Waals surface area contributed by atoms with Gasteiger partial charge in [0.15, 0.2) is 0 Å². The molecule has 15 heavy (non-hydrogen) atoms. The Balaban J connectivity index is 3.06. The van der Waals surface area contributed by atoms with Gasteiger partial charge in [-0.25, -0.2) is 4.98 Å². The minimum Gasteiger partial charge on any atom is -0.354 e. The average Bonchev–Trinajstić information content (AvgIpc) is 2.17. The number of pyridine rings is 1. The first-order valence-electron chi connectivity index (χ1n) is 5.52. The van der Waals surface area contributed by atoms with Crippen LogP contribution in [0.2, 0.25) is 0 Å². The lowest BCUT2D eigenvalue weighted by Gasteiger charge is -2.27. The van der Waals surface area contributed by atoms with Crippen LogP contribution in [0.5, 0.6) is 0 Å². The highest BCUT2D eigenvalue weighted by atomic mass is 15.2. The molecule has 0 aliphatic carbocycles. The molecule has 0 aliphatic heterocycles. The summed E-state index contributed by atoms with van der Waals surface area (Å²) < 4.78 is 0. The van der Waals surface area contributed by atoms with E-state index in [9.17, 15) is 0 Å². The molecule has 0 atom stereocenters. The van der Waals surface area contributed by atoms with Crippen molar-refractivity contribution >= 4 is 5.82 Å². The van der Waals surface area contributed by atoms with Crippen LogP contribution in [0.25, 0.3) is 0 Å². The van der Waals surface area contributed by atoms with Gasteiger partial charge in [0.2, 0.25) is 0 Å². The quantitative estimate of drug-likeness (QED) is 0.822. The van der Waals surface area contributed by atoms with Gasteiger partial charge in [0.1, 0.15) is 5.82 Å². The van der Waals surface area contributed by atoms with Crippen molar-refractivity contribution in [3.63, 3.8) is 0 Å². The van der Waals surface area contributed by atoms with Crippen molar-refractivity contribution in [1.82, 2.24) is 4.98 Å². The molecule has 0 fully saturated rings. The Kier molecular flexibility index (Phi) is 4.09. The third kappa shape index (κ3) is 2.93. The Morgan fingerprint density at radius 2 is 2.07 bits per heavy atom. The Morgan fingerprint density at radius 1 is 1.40 bits per heavy atom. The van der Waals surface area contributed by atoms with Gasteiger partial charge >= 0.3 is 0 Å². The minimum absolute atomic E-state index is 0.468. The lowest BCUT2D eigenvalue weighted by atomic mass is 10.2. The first-order chi connectivity index (χ1) is 7.08. The topological polar surface area (TPSA) is 42.1 Å². The predicted molar refractivity (Wildman–Crippen MR) is 65.0 cm³/mol. The van der Waals surface area contributed by atoms with Crippen molar-refractivity contribution in [2.45, 2.75) is 40.3 Å². The highest BCUT2D eigenvalue weighted by Gasteiger charge is 2.10. The summed E-state index contributed by atoms with van der Waals surface area (Å²) in [4.78, 5) is 6.81. The zero-order chi connectivity index (χ0) is 11.4. The van der Waals surface area contributed by atoms with Crippen LogP contribution < -0.4 is 10.6 Å². The fourth-order valence-electron chi connectivity index (χ4n) is 1.78. The van der Waals surface area contributed by atoms with Crippen molar-refractivity contribution in [3.05, 3.63) is 23.4 Å². The van der Waals surface area contributed by atoms with Gasteiger partial charge in [-0.3, -0.25) is 0 Å². The van der Waals surface area contributed by atoms with Gasteiger partial charge in [-0.1, -0.05) is 0 Å². The molecule has 0 aliphatic rings.